The zero-order chi connectivity index (χ0) is 26.5. The van der Waals surface area contributed by atoms with Gasteiger partial charge in [-0.15, -0.1) is 0 Å². The monoisotopic (exact) mass is 519 g/mol. The lowest BCUT2D eigenvalue weighted by atomic mass is 10.0. The molecule has 0 saturated heterocycles. The number of H-pyrrole nitrogens is 1. The molecule has 8 heteroatoms. The van der Waals surface area contributed by atoms with Gasteiger partial charge in [0.05, 0.1) is 6.04 Å². The normalized spacial score (nSPS) is 14.1. The zero-order valence-corrected chi connectivity index (χ0v) is 22.2. The van der Waals surface area contributed by atoms with Gasteiger partial charge >= 0.3 is 5.97 Å². The fraction of sp³-hybridized carbons (Fsp3) is 0.310. The van der Waals surface area contributed by atoms with E-state index >= 15 is 0 Å². The zero-order valence-electron chi connectivity index (χ0n) is 21.2. The summed E-state index contributed by atoms with van der Waals surface area (Å²) in [5.41, 5.74) is 8.87. The number of nitrogens with one attached hydrogen (secondary N) is 1. The molecule has 194 valence electrons. The molecular weight excluding hydrogens is 485 g/mol. The maximum Gasteiger partial charge on any atom is 0.327 e. The quantitative estimate of drug-likeness (QED) is 0.235. The Morgan fingerprint density at radius 3 is 2.38 bits per heavy atom. The molecule has 4 aromatic rings. The molecule has 0 aliphatic rings. The number of carbonyl (C=O) groups is 2. The molecule has 3 unspecified atom stereocenters. The van der Waals surface area contributed by atoms with Crippen molar-refractivity contribution < 1.29 is 19.3 Å². The standard InChI is InChI=1S/C29H34N3O4P/c1-19(2)16-25(30)28(33)32(27(29(34)35)17-22-18-31-26-13-6-5-12-24(22)26)37(36)15-14-21-10-7-9-20-8-3-4-11-23(20)21/h3-13,18-19,25,27,31,37H,14-17,30H2,1-2H3,(H,34,35). The third-order valence-corrected chi connectivity index (χ3v) is 8.47. The highest BCUT2D eigenvalue weighted by molar-refractivity contribution is 7.43. The molecule has 1 aromatic heterocycles. The van der Waals surface area contributed by atoms with Crippen molar-refractivity contribution in [1.29, 1.82) is 0 Å². The van der Waals surface area contributed by atoms with Crippen LogP contribution in [0.1, 0.15) is 31.4 Å². The van der Waals surface area contributed by atoms with Crippen LogP contribution in [0.2, 0.25) is 0 Å². The number of rotatable bonds is 11. The van der Waals surface area contributed by atoms with E-state index in [4.69, 9.17) is 5.73 Å². The number of aromatic nitrogens is 1. The molecule has 0 fully saturated rings. The average Bonchev–Trinajstić information content (AvgIpc) is 3.29. The topological polar surface area (TPSA) is 116 Å². The number of hydrogen-bond acceptors (Lipinski definition) is 4. The molecule has 1 amide bonds. The molecule has 0 radical (unpaired) electrons. The minimum Gasteiger partial charge on any atom is -0.480 e. The molecule has 3 atom stereocenters. The summed E-state index contributed by atoms with van der Waals surface area (Å²) in [7, 11) is -2.81. The lowest BCUT2D eigenvalue weighted by molar-refractivity contribution is -0.146. The Bertz CT molecular complexity index is 1430. The molecule has 0 aliphatic carbocycles. The first-order chi connectivity index (χ1) is 17.8. The first kappa shape index (κ1) is 26.6. The molecule has 4 N–H and O–H groups in total. The van der Waals surface area contributed by atoms with E-state index in [0.29, 0.717) is 12.8 Å². The average molecular weight is 520 g/mol. The fourth-order valence-corrected chi connectivity index (χ4v) is 6.59. The summed E-state index contributed by atoms with van der Waals surface area (Å²) in [6.07, 6.45) is 2.81. The van der Waals surface area contributed by atoms with Gasteiger partial charge in [-0.3, -0.25) is 9.46 Å². The first-order valence-corrected chi connectivity index (χ1v) is 14.2. The molecule has 4 rings (SSSR count). The van der Waals surface area contributed by atoms with Crippen LogP contribution < -0.4 is 5.73 Å². The molecular formula is C29H34N3O4P. The molecule has 7 nitrogen and oxygen atoms in total. The summed E-state index contributed by atoms with van der Waals surface area (Å²) in [6.45, 7) is 3.89. The maximum absolute atomic E-state index is 13.8. The summed E-state index contributed by atoms with van der Waals surface area (Å²) in [5.74, 6) is -1.63. The summed E-state index contributed by atoms with van der Waals surface area (Å²) in [6, 6.07) is 19.3. The lowest BCUT2D eigenvalue weighted by Crippen LogP contribution is -2.49. The van der Waals surface area contributed by atoms with Gasteiger partial charge in [0.1, 0.15) is 6.04 Å². The number of para-hydroxylation sites is 1. The minimum atomic E-state index is -2.81. The number of nitrogens with two attached hydrogens (primary N) is 1. The Hall–Kier alpha value is -3.41. The predicted octanol–water partition coefficient (Wildman–Crippen LogP) is 5.24. The molecule has 37 heavy (non-hydrogen) atoms. The van der Waals surface area contributed by atoms with Gasteiger partial charge in [0.2, 0.25) is 5.91 Å². The van der Waals surface area contributed by atoms with E-state index in [1.54, 1.807) is 6.20 Å². The Balaban J connectivity index is 1.64. The third kappa shape index (κ3) is 6.12. The summed E-state index contributed by atoms with van der Waals surface area (Å²) in [5, 5.41) is 13.2. The smallest absolute Gasteiger partial charge is 0.327 e. The van der Waals surface area contributed by atoms with Crippen molar-refractivity contribution in [3.05, 3.63) is 84.1 Å². The van der Waals surface area contributed by atoms with Gasteiger partial charge in [-0.05, 0) is 46.7 Å². The lowest BCUT2D eigenvalue weighted by Gasteiger charge is -2.31. The van der Waals surface area contributed by atoms with Gasteiger partial charge in [-0.1, -0.05) is 74.5 Å². The van der Waals surface area contributed by atoms with Gasteiger partial charge < -0.3 is 20.4 Å². The van der Waals surface area contributed by atoms with Gasteiger partial charge in [0.15, 0.2) is 7.95 Å². The van der Waals surface area contributed by atoms with Crippen molar-refractivity contribution >= 4 is 41.5 Å². The van der Waals surface area contributed by atoms with Gasteiger partial charge in [0, 0.05) is 29.7 Å². The number of nitrogens with zero attached hydrogens (tertiary/aromatic N) is 1. The van der Waals surface area contributed by atoms with Crippen LogP contribution in [0, 0.1) is 5.92 Å². The van der Waals surface area contributed by atoms with E-state index in [-0.39, 0.29) is 18.5 Å². The van der Waals surface area contributed by atoms with Crippen LogP contribution in [-0.4, -0.2) is 44.9 Å². The molecule has 0 spiro atoms. The van der Waals surface area contributed by atoms with Crippen molar-refractivity contribution in [2.45, 2.75) is 45.2 Å². The van der Waals surface area contributed by atoms with Crippen molar-refractivity contribution in [2.75, 3.05) is 6.16 Å². The second-order valence-electron chi connectivity index (χ2n) is 9.89. The van der Waals surface area contributed by atoms with Crippen LogP contribution >= 0.6 is 7.95 Å². The van der Waals surface area contributed by atoms with Gasteiger partial charge in [-0.25, -0.2) is 4.79 Å². The van der Waals surface area contributed by atoms with Crippen LogP contribution in [0.25, 0.3) is 21.7 Å². The van der Waals surface area contributed by atoms with E-state index in [1.165, 1.54) is 0 Å². The second-order valence-corrected chi connectivity index (χ2v) is 11.7. The van der Waals surface area contributed by atoms with Crippen molar-refractivity contribution in [2.24, 2.45) is 11.7 Å². The SMILES string of the molecule is CC(C)CC(N)C(=O)N(C(Cc1c[nH]c2ccccc12)C(=O)O)[PH](=O)CCc1cccc2ccccc12. The van der Waals surface area contributed by atoms with Crippen LogP contribution in [0.15, 0.2) is 72.9 Å². The van der Waals surface area contributed by atoms with Crippen molar-refractivity contribution in [1.82, 2.24) is 9.65 Å². The third-order valence-electron chi connectivity index (χ3n) is 6.72. The first-order valence-electron chi connectivity index (χ1n) is 12.6. The van der Waals surface area contributed by atoms with E-state index in [9.17, 15) is 19.3 Å². The van der Waals surface area contributed by atoms with Gasteiger partial charge in [-0.2, -0.15) is 0 Å². The highest BCUT2D eigenvalue weighted by atomic mass is 31.1. The Labute approximate surface area is 217 Å². The number of carbonyl (C=O) groups excluding carboxylic acids is 1. The number of carboxylic acids is 1. The van der Waals surface area contributed by atoms with Crippen LogP contribution in [0.4, 0.5) is 0 Å². The molecule has 0 aliphatic heterocycles. The van der Waals surface area contributed by atoms with Crippen LogP contribution in [0.3, 0.4) is 0 Å². The van der Waals surface area contributed by atoms with Crippen LogP contribution in [0.5, 0.6) is 0 Å². The number of fused-ring (bicyclic) bond motifs is 2. The number of hydrogen-bond donors (Lipinski definition) is 3. The molecule has 1 heterocycles. The van der Waals surface area contributed by atoms with Gasteiger partial charge in [0.25, 0.3) is 0 Å². The minimum absolute atomic E-state index is 0.0319. The number of aliphatic carboxylic acids is 1. The highest BCUT2D eigenvalue weighted by Gasteiger charge is 2.36. The number of benzene rings is 3. The number of carboxylic acid groups (broad SMARTS) is 1. The molecule has 0 saturated carbocycles. The van der Waals surface area contributed by atoms with E-state index in [1.807, 2.05) is 80.6 Å². The van der Waals surface area contributed by atoms with E-state index < -0.39 is 31.9 Å². The maximum atomic E-state index is 13.8. The van der Waals surface area contributed by atoms with E-state index in [0.717, 1.165) is 37.5 Å². The largest absolute Gasteiger partial charge is 0.480 e. The fourth-order valence-electron chi connectivity index (χ4n) is 4.91. The predicted molar refractivity (Wildman–Crippen MR) is 149 cm³/mol. The van der Waals surface area contributed by atoms with Crippen molar-refractivity contribution in [3.63, 3.8) is 0 Å². The Kier molecular flexibility index (Phi) is 8.47. The van der Waals surface area contributed by atoms with E-state index in [2.05, 4.69) is 4.98 Å². The van der Waals surface area contributed by atoms with Crippen LogP contribution in [-0.2, 0) is 27.0 Å². The number of aromatic amines is 1. The Morgan fingerprint density at radius 1 is 0.973 bits per heavy atom. The molecule has 3 aromatic carbocycles. The summed E-state index contributed by atoms with van der Waals surface area (Å²) < 4.78 is 14.9. The number of amides is 1. The highest BCUT2D eigenvalue weighted by Crippen LogP contribution is 2.35. The summed E-state index contributed by atoms with van der Waals surface area (Å²) in [4.78, 5) is 29.2. The summed E-state index contributed by atoms with van der Waals surface area (Å²) >= 11 is 0. The number of aryl methyl sites for hydroxylation is 1. The Morgan fingerprint density at radius 2 is 1.65 bits per heavy atom. The second kappa shape index (κ2) is 11.8. The van der Waals surface area contributed by atoms with Crippen molar-refractivity contribution in [3.8, 4) is 0 Å². The molecule has 0 bridgehead atoms.